The van der Waals surface area contributed by atoms with Crippen LogP contribution < -0.4 is 4.90 Å². The van der Waals surface area contributed by atoms with Crippen molar-refractivity contribution in [2.75, 3.05) is 24.5 Å². The number of carboxylic acids is 1. The number of aliphatic hydroxyl groups excluding tert-OH is 1. The van der Waals surface area contributed by atoms with Crippen LogP contribution in [0.3, 0.4) is 0 Å². The second kappa shape index (κ2) is 6.58. The first-order valence-corrected chi connectivity index (χ1v) is 7.00. The molecule has 1 saturated heterocycles. The van der Waals surface area contributed by atoms with Crippen LogP contribution >= 0.6 is 0 Å². The van der Waals surface area contributed by atoms with E-state index in [9.17, 15) is 14.7 Å². The minimum absolute atomic E-state index is 0.326. The summed E-state index contributed by atoms with van der Waals surface area (Å²) in [6.45, 7) is 2.45. The van der Waals surface area contributed by atoms with Crippen molar-refractivity contribution in [3.8, 4) is 0 Å². The summed E-state index contributed by atoms with van der Waals surface area (Å²) in [4.78, 5) is 26.4. The molecule has 0 radical (unpaired) electrons. The predicted octanol–water partition coefficient (Wildman–Crippen LogP) is 1.46. The molecule has 2 rings (SSSR count). The summed E-state index contributed by atoms with van der Waals surface area (Å²) in [5, 5.41) is 18.5. The third-order valence-electron chi connectivity index (χ3n) is 3.60. The van der Waals surface area contributed by atoms with E-state index in [1.165, 1.54) is 4.90 Å². The summed E-state index contributed by atoms with van der Waals surface area (Å²) in [5.41, 5.74) is 1.61. The molecule has 1 fully saturated rings. The summed E-state index contributed by atoms with van der Waals surface area (Å²) in [6.07, 6.45) is 0.683. The van der Waals surface area contributed by atoms with E-state index in [4.69, 9.17) is 5.11 Å². The number of piperidine rings is 1. The number of carbonyl (C=O) groups excluding carboxylic acids is 1. The smallest absolute Gasteiger partial charge is 0.325 e. The Kier molecular flexibility index (Phi) is 4.80. The normalized spacial score (nSPS) is 15.8. The Morgan fingerprint density at radius 1 is 1.24 bits per heavy atom. The molecule has 114 valence electrons. The van der Waals surface area contributed by atoms with Crippen LogP contribution in [-0.4, -0.2) is 52.9 Å². The van der Waals surface area contributed by atoms with Crippen LogP contribution in [0.4, 0.5) is 10.5 Å². The summed E-state index contributed by atoms with van der Waals surface area (Å²) >= 11 is 0. The van der Waals surface area contributed by atoms with Crippen LogP contribution in [0.5, 0.6) is 0 Å². The molecule has 6 heteroatoms. The molecule has 0 aliphatic carbocycles. The second-order valence-electron chi connectivity index (χ2n) is 5.32. The number of benzene rings is 1. The minimum Gasteiger partial charge on any atom is -0.480 e. The van der Waals surface area contributed by atoms with Gasteiger partial charge in [0, 0.05) is 18.8 Å². The first-order valence-electron chi connectivity index (χ1n) is 7.00. The van der Waals surface area contributed by atoms with Gasteiger partial charge in [-0.1, -0.05) is 17.7 Å². The van der Waals surface area contributed by atoms with Crippen LogP contribution in [-0.2, 0) is 4.79 Å². The van der Waals surface area contributed by atoms with Gasteiger partial charge in [-0.25, -0.2) is 4.79 Å². The Morgan fingerprint density at radius 3 is 2.33 bits per heavy atom. The molecule has 0 atom stereocenters. The first-order chi connectivity index (χ1) is 9.97. The second-order valence-corrected chi connectivity index (χ2v) is 5.32. The highest BCUT2D eigenvalue weighted by molar-refractivity contribution is 5.96. The molecular weight excluding hydrogens is 272 g/mol. The van der Waals surface area contributed by atoms with E-state index >= 15 is 0 Å². The fourth-order valence-electron chi connectivity index (χ4n) is 2.36. The fraction of sp³-hybridized carbons (Fsp3) is 0.467. The van der Waals surface area contributed by atoms with Crippen molar-refractivity contribution >= 4 is 17.7 Å². The number of aryl methyl sites for hydroxylation is 1. The lowest BCUT2D eigenvalue weighted by Gasteiger charge is -2.34. The Bertz CT molecular complexity index is 507. The Morgan fingerprint density at radius 2 is 1.81 bits per heavy atom. The number of hydrogen-bond donors (Lipinski definition) is 2. The number of anilines is 1. The highest BCUT2D eigenvalue weighted by Gasteiger charge is 2.27. The molecule has 0 saturated carbocycles. The molecule has 1 heterocycles. The molecule has 1 aromatic carbocycles. The van der Waals surface area contributed by atoms with E-state index in [0.717, 1.165) is 5.56 Å². The van der Waals surface area contributed by atoms with Crippen molar-refractivity contribution in [3.05, 3.63) is 29.8 Å². The maximum absolute atomic E-state index is 12.5. The van der Waals surface area contributed by atoms with Crippen LogP contribution in [0.15, 0.2) is 24.3 Å². The van der Waals surface area contributed by atoms with Gasteiger partial charge in [0.15, 0.2) is 0 Å². The first kappa shape index (κ1) is 15.3. The standard InChI is InChI=1S/C15H20N2O4/c1-11-2-4-12(5-3-11)17(10-14(19)20)15(21)16-8-6-13(18)7-9-16/h2-5,13,18H,6-10H2,1H3,(H,19,20). The molecule has 0 bridgehead atoms. The van der Waals surface area contributed by atoms with Crippen LogP contribution in [0.2, 0.25) is 0 Å². The fourth-order valence-corrected chi connectivity index (χ4v) is 2.36. The lowest BCUT2D eigenvalue weighted by molar-refractivity contribution is -0.135. The van der Waals surface area contributed by atoms with Gasteiger partial charge < -0.3 is 15.1 Å². The molecule has 0 unspecified atom stereocenters. The number of likely N-dealkylation sites (tertiary alicyclic amines) is 1. The molecule has 2 amide bonds. The maximum atomic E-state index is 12.5. The zero-order valence-electron chi connectivity index (χ0n) is 12.0. The van der Waals surface area contributed by atoms with Crippen molar-refractivity contribution in [2.24, 2.45) is 0 Å². The van der Waals surface area contributed by atoms with E-state index in [2.05, 4.69) is 0 Å². The number of urea groups is 1. The molecule has 6 nitrogen and oxygen atoms in total. The van der Waals surface area contributed by atoms with Crippen molar-refractivity contribution in [1.29, 1.82) is 0 Å². The highest BCUT2D eigenvalue weighted by atomic mass is 16.4. The summed E-state index contributed by atoms with van der Waals surface area (Å²) < 4.78 is 0. The van der Waals surface area contributed by atoms with Gasteiger partial charge in [0.05, 0.1) is 6.10 Å². The van der Waals surface area contributed by atoms with Gasteiger partial charge in [0.1, 0.15) is 6.54 Å². The zero-order valence-corrected chi connectivity index (χ0v) is 12.0. The zero-order chi connectivity index (χ0) is 15.4. The van der Waals surface area contributed by atoms with E-state index in [1.54, 1.807) is 17.0 Å². The number of hydrogen-bond acceptors (Lipinski definition) is 3. The number of rotatable bonds is 3. The average molecular weight is 292 g/mol. The van der Waals surface area contributed by atoms with Gasteiger partial charge in [-0.15, -0.1) is 0 Å². The van der Waals surface area contributed by atoms with Crippen LogP contribution in [0, 0.1) is 6.92 Å². The van der Waals surface area contributed by atoms with Crippen LogP contribution in [0.1, 0.15) is 18.4 Å². The van der Waals surface area contributed by atoms with Gasteiger partial charge in [0.25, 0.3) is 0 Å². The van der Waals surface area contributed by atoms with Crippen molar-refractivity contribution in [2.45, 2.75) is 25.9 Å². The summed E-state index contributed by atoms with van der Waals surface area (Å²) in [6, 6.07) is 6.85. The van der Waals surface area contributed by atoms with Gasteiger partial charge in [-0.2, -0.15) is 0 Å². The summed E-state index contributed by atoms with van der Waals surface area (Å²) in [7, 11) is 0. The van der Waals surface area contributed by atoms with Gasteiger partial charge in [0.2, 0.25) is 0 Å². The topological polar surface area (TPSA) is 81.1 Å². The minimum atomic E-state index is -1.05. The van der Waals surface area contributed by atoms with Gasteiger partial charge >= 0.3 is 12.0 Å². The molecule has 21 heavy (non-hydrogen) atoms. The lowest BCUT2D eigenvalue weighted by Crippen LogP contribution is -2.49. The molecular formula is C15H20N2O4. The monoisotopic (exact) mass is 292 g/mol. The van der Waals surface area contributed by atoms with Crippen molar-refractivity contribution in [3.63, 3.8) is 0 Å². The Balaban J connectivity index is 2.17. The molecule has 1 aliphatic heterocycles. The highest BCUT2D eigenvalue weighted by Crippen LogP contribution is 2.19. The molecule has 2 N–H and O–H groups in total. The maximum Gasteiger partial charge on any atom is 0.325 e. The van der Waals surface area contributed by atoms with Gasteiger partial charge in [-0.05, 0) is 31.9 Å². The largest absolute Gasteiger partial charge is 0.480 e. The summed E-state index contributed by atoms with van der Waals surface area (Å²) in [5.74, 6) is -1.05. The van der Waals surface area contributed by atoms with Gasteiger partial charge in [-0.3, -0.25) is 9.69 Å². The molecule has 1 aliphatic rings. The van der Waals surface area contributed by atoms with E-state index in [1.807, 2.05) is 19.1 Å². The van der Waals surface area contributed by atoms with E-state index in [-0.39, 0.29) is 18.7 Å². The third kappa shape index (κ3) is 3.95. The van der Waals surface area contributed by atoms with Crippen molar-refractivity contribution in [1.82, 2.24) is 4.90 Å². The number of amides is 2. The van der Waals surface area contributed by atoms with Crippen molar-refractivity contribution < 1.29 is 19.8 Å². The Labute approximate surface area is 123 Å². The number of aliphatic carboxylic acids is 1. The van der Waals surface area contributed by atoms with Crippen LogP contribution in [0.25, 0.3) is 0 Å². The molecule has 1 aromatic rings. The third-order valence-corrected chi connectivity index (χ3v) is 3.60. The Hall–Kier alpha value is -2.08. The number of carbonyl (C=O) groups is 2. The average Bonchev–Trinajstić information content (AvgIpc) is 2.46. The predicted molar refractivity (Wildman–Crippen MR) is 78.4 cm³/mol. The van der Waals surface area contributed by atoms with E-state index < -0.39 is 5.97 Å². The lowest BCUT2D eigenvalue weighted by atomic mass is 10.1. The number of nitrogens with zero attached hydrogens (tertiary/aromatic N) is 2. The quantitative estimate of drug-likeness (QED) is 0.884. The van der Waals surface area contributed by atoms with E-state index in [0.29, 0.717) is 31.6 Å². The molecule has 0 spiro atoms. The number of carboxylic acid groups (broad SMARTS) is 1. The molecule has 0 aromatic heterocycles. The number of aliphatic hydroxyl groups is 1. The SMILES string of the molecule is Cc1ccc(N(CC(=O)O)C(=O)N2CCC(O)CC2)cc1.